The standard InChI is InChI=1S/C14H18F2N4/c1-9(2)6-17-7-11-8-20(19-18-11)14-12(15)5-4-10(3)13(14)16/h4-5,8-9,17H,6-7H2,1-3H3. The maximum Gasteiger partial charge on any atom is 0.154 e. The van der Waals surface area contributed by atoms with Crippen molar-refractivity contribution < 1.29 is 8.78 Å². The molecule has 1 aromatic heterocycles. The van der Waals surface area contributed by atoms with Crippen molar-refractivity contribution in [3.05, 3.63) is 41.2 Å². The molecule has 1 aromatic carbocycles. The van der Waals surface area contributed by atoms with E-state index in [1.165, 1.54) is 18.3 Å². The predicted octanol–water partition coefficient (Wildman–Crippen LogP) is 2.60. The van der Waals surface area contributed by atoms with E-state index in [1.807, 2.05) is 0 Å². The highest BCUT2D eigenvalue weighted by atomic mass is 19.1. The SMILES string of the molecule is Cc1ccc(F)c(-n2cc(CNCC(C)C)nn2)c1F. The summed E-state index contributed by atoms with van der Waals surface area (Å²) in [7, 11) is 0. The average molecular weight is 280 g/mol. The molecule has 0 spiro atoms. The van der Waals surface area contributed by atoms with Gasteiger partial charge < -0.3 is 5.32 Å². The Balaban J connectivity index is 2.19. The quantitative estimate of drug-likeness (QED) is 0.915. The molecule has 0 amide bonds. The number of aromatic nitrogens is 3. The molecule has 0 aliphatic heterocycles. The Morgan fingerprint density at radius 2 is 2.05 bits per heavy atom. The van der Waals surface area contributed by atoms with Crippen molar-refractivity contribution in [3.8, 4) is 5.69 Å². The van der Waals surface area contributed by atoms with Gasteiger partial charge in [0.2, 0.25) is 0 Å². The minimum Gasteiger partial charge on any atom is -0.311 e. The van der Waals surface area contributed by atoms with E-state index >= 15 is 0 Å². The molecule has 0 aliphatic rings. The average Bonchev–Trinajstić information content (AvgIpc) is 2.83. The maximum absolute atomic E-state index is 14.0. The highest BCUT2D eigenvalue weighted by Gasteiger charge is 2.15. The highest BCUT2D eigenvalue weighted by molar-refractivity contribution is 5.38. The van der Waals surface area contributed by atoms with E-state index in [9.17, 15) is 8.78 Å². The summed E-state index contributed by atoms with van der Waals surface area (Å²) >= 11 is 0. The lowest BCUT2D eigenvalue weighted by atomic mass is 10.2. The van der Waals surface area contributed by atoms with Crippen molar-refractivity contribution in [1.29, 1.82) is 0 Å². The molecule has 0 fully saturated rings. The molecule has 6 heteroatoms. The van der Waals surface area contributed by atoms with Gasteiger partial charge in [-0.1, -0.05) is 25.1 Å². The number of benzene rings is 1. The van der Waals surface area contributed by atoms with Gasteiger partial charge in [0.1, 0.15) is 5.69 Å². The zero-order valence-electron chi connectivity index (χ0n) is 11.8. The zero-order valence-corrected chi connectivity index (χ0v) is 11.8. The molecule has 2 aromatic rings. The molecule has 108 valence electrons. The van der Waals surface area contributed by atoms with Crippen LogP contribution in [0.15, 0.2) is 18.3 Å². The van der Waals surface area contributed by atoms with Crippen LogP contribution in [0, 0.1) is 24.5 Å². The van der Waals surface area contributed by atoms with Crippen molar-refractivity contribution in [2.75, 3.05) is 6.54 Å². The van der Waals surface area contributed by atoms with Gasteiger partial charge in [0.25, 0.3) is 0 Å². The molecule has 0 saturated heterocycles. The van der Waals surface area contributed by atoms with Gasteiger partial charge >= 0.3 is 0 Å². The largest absolute Gasteiger partial charge is 0.311 e. The molecule has 0 radical (unpaired) electrons. The van der Waals surface area contributed by atoms with Crippen LogP contribution in [0.1, 0.15) is 25.1 Å². The number of aryl methyl sites for hydroxylation is 1. The van der Waals surface area contributed by atoms with Crippen molar-refractivity contribution in [1.82, 2.24) is 20.3 Å². The van der Waals surface area contributed by atoms with Gasteiger partial charge in [-0.3, -0.25) is 0 Å². The lowest BCUT2D eigenvalue weighted by molar-refractivity contribution is 0.547. The second-order valence-electron chi connectivity index (χ2n) is 5.21. The molecule has 1 N–H and O–H groups in total. The van der Waals surface area contributed by atoms with Gasteiger partial charge in [0, 0.05) is 6.54 Å². The summed E-state index contributed by atoms with van der Waals surface area (Å²) in [6.45, 7) is 7.15. The summed E-state index contributed by atoms with van der Waals surface area (Å²) in [5.41, 5.74) is 0.829. The van der Waals surface area contributed by atoms with Gasteiger partial charge in [0.05, 0.1) is 11.9 Å². The lowest BCUT2D eigenvalue weighted by Gasteiger charge is -2.06. The fraction of sp³-hybridized carbons (Fsp3) is 0.429. The number of hydrogen-bond donors (Lipinski definition) is 1. The van der Waals surface area contributed by atoms with Crippen LogP contribution >= 0.6 is 0 Å². The predicted molar refractivity (Wildman–Crippen MR) is 72.6 cm³/mol. The Bertz CT molecular complexity index is 593. The molecule has 0 atom stereocenters. The van der Waals surface area contributed by atoms with Gasteiger partial charge in [-0.15, -0.1) is 5.10 Å². The van der Waals surface area contributed by atoms with Crippen LogP contribution in [-0.2, 0) is 6.54 Å². The minimum atomic E-state index is -0.653. The monoisotopic (exact) mass is 280 g/mol. The van der Waals surface area contributed by atoms with E-state index < -0.39 is 11.6 Å². The van der Waals surface area contributed by atoms with E-state index in [0.717, 1.165) is 11.2 Å². The summed E-state index contributed by atoms with van der Waals surface area (Å²) in [6, 6.07) is 2.63. The van der Waals surface area contributed by atoms with Crippen LogP contribution in [-0.4, -0.2) is 21.5 Å². The summed E-state index contributed by atoms with van der Waals surface area (Å²) in [4.78, 5) is 0. The van der Waals surface area contributed by atoms with Crippen molar-refractivity contribution in [2.24, 2.45) is 5.92 Å². The van der Waals surface area contributed by atoms with E-state index in [0.29, 0.717) is 23.7 Å². The molecule has 0 saturated carbocycles. The Morgan fingerprint density at radius 1 is 1.30 bits per heavy atom. The van der Waals surface area contributed by atoms with Crippen LogP contribution in [0.25, 0.3) is 5.69 Å². The molecule has 0 unspecified atom stereocenters. The third-order valence-electron chi connectivity index (χ3n) is 2.89. The molecule has 20 heavy (non-hydrogen) atoms. The number of halogens is 2. The first kappa shape index (κ1) is 14.6. The van der Waals surface area contributed by atoms with Crippen LogP contribution in [0.4, 0.5) is 8.78 Å². The van der Waals surface area contributed by atoms with Crippen molar-refractivity contribution in [3.63, 3.8) is 0 Å². The molecule has 1 heterocycles. The summed E-state index contributed by atoms with van der Waals surface area (Å²) in [5, 5.41) is 10.9. The molecule has 4 nitrogen and oxygen atoms in total. The smallest absolute Gasteiger partial charge is 0.154 e. The van der Waals surface area contributed by atoms with E-state index in [1.54, 1.807) is 6.92 Å². The Labute approximate surface area is 116 Å². The minimum absolute atomic E-state index is 0.187. The van der Waals surface area contributed by atoms with Gasteiger partial charge in [-0.05, 0) is 31.0 Å². The highest BCUT2D eigenvalue weighted by Crippen LogP contribution is 2.19. The molecule has 0 bridgehead atoms. The number of nitrogens with zero attached hydrogens (tertiary/aromatic N) is 3. The topological polar surface area (TPSA) is 42.7 Å². The molecular weight excluding hydrogens is 262 g/mol. The summed E-state index contributed by atoms with van der Waals surface area (Å²) in [6.07, 6.45) is 1.54. The molecular formula is C14H18F2N4. The summed E-state index contributed by atoms with van der Waals surface area (Å²) < 4.78 is 28.9. The lowest BCUT2D eigenvalue weighted by Crippen LogP contribution is -2.19. The van der Waals surface area contributed by atoms with E-state index in [2.05, 4.69) is 29.5 Å². The fourth-order valence-electron chi connectivity index (χ4n) is 1.83. The van der Waals surface area contributed by atoms with Crippen molar-refractivity contribution >= 4 is 0 Å². The van der Waals surface area contributed by atoms with Crippen LogP contribution in [0.2, 0.25) is 0 Å². The van der Waals surface area contributed by atoms with Crippen LogP contribution < -0.4 is 5.32 Å². The summed E-state index contributed by atoms with van der Waals surface area (Å²) in [5.74, 6) is -0.743. The van der Waals surface area contributed by atoms with Crippen LogP contribution in [0.3, 0.4) is 0 Å². The number of hydrogen-bond acceptors (Lipinski definition) is 3. The fourth-order valence-corrected chi connectivity index (χ4v) is 1.83. The Morgan fingerprint density at radius 3 is 2.75 bits per heavy atom. The van der Waals surface area contributed by atoms with E-state index in [-0.39, 0.29) is 5.69 Å². The molecule has 2 rings (SSSR count). The van der Waals surface area contributed by atoms with Gasteiger partial charge in [-0.25, -0.2) is 13.5 Å². The third-order valence-corrected chi connectivity index (χ3v) is 2.89. The van der Waals surface area contributed by atoms with Gasteiger partial charge in [0.15, 0.2) is 11.6 Å². The first-order valence-corrected chi connectivity index (χ1v) is 6.56. The second-order valence-corrected chi connectivity index (χ2v) is 5.21. The van der Waals surface area contributed by atoms with Crippen LogP contribution in [0.5, 0.6) is 0 Å². The molecule has 0 aliphatic carbocycles. The first-order valence-electron chi connectivity index (χ1n) is 6.56. The second kappa shape index (κ2) is 6.09. The van der Waals surface area contributed by atoms with Gasteiger partial charge in [-0.2, -0.15) is 0 Å². The van der Waals surface area contributed by atoms with E-state index in [4.69, 9.17) is 0 Å². The zero-order chi connectivity index (χ0) is 14.7. The third kappa shape index (κ3) is 3.19. The maximum atomic E-state index is 14.0. The van der Waals surface area contributed by atoms with Crippen molar-refractivity contribution in [2.45, 2.75) is 27.3 Å². The number of nitrogens with one attached hydrogen (secondary N) is 1. The normalized spacial score (nSPS) is 11.3. The Kier molecular flexibility index (Phi) is 4.44. The first-order chi connectivity index (χ1) is 9.49. The number of rotatable bonds is 5. The Hall–Kier alpha value is -1.82.